The van der Waals surface area contributed by atoms with E-state index in [2.05, 4.69) is 34.4 Å². The number of hydrogen-bond acceptors (Lipinski definition) is 3. The molecule has 0 heterocycles. The largest absolute Gasteiger partial charge is 0.465 e. The molecule has 0 radical (unpaired) electrons. The van der Waals surface area contributed by atoms with Gasteiger partial charge in [-0.3, -0.25) is 9.69 Å². The van der Waals surface area contributed by atoms with Crippen LogP contribution in [0.15, 0.2) is 0 Å². The molecule has 86 valence electrons. The van der Waals surface area contributed by atoms with Crippen LogP contribution in [0, 0.1) is 0 Å². The van der Waals surface area contributed by atoms with Gasteiger partial charge in [-0.15, -0.1) is 11.6 Å². The Morgan fingerprint density at radius 2 is 2.00 bits per heavy atom. The summed E-state index contributed by atoms with van der Waals surface area (Å²) in [6.07, 6.45) is 0. The Bertz CT molecular complexity index is 136. The highest BCUT2D eigenvalue weighted by Gasteiger charge is 2.01. The first-order valence-corrected chi connectivity index (χ1v) is 7.19. The third-order valence-corrected chi connectivity index (χ3v) is 1.73. The number of carbonyl (C=O) groups is 1. The minimum Gasteiger partial charge on any atom is -0.465 e. The zero-order chi connectivity index (χ0) is 11.4. The molecule has 0 N–H and O–H groups in total. The van der Waals surface area contributed by atoms with Crippen molar-refractivity contribution in [2.24, 2.45) is 0 Å². The standard InChI is InChI=1S/C8H16ClNO2.CH3I/c1-3-10(5-4-9)6-7-12-8(2)11;1-2/h3-7H2,1-2H3;1H3. The van der Waals surface area contributed by atoms with E-state index in [-0.39, 0.29) is 5.97 Å². The molecule has 0 atom stereocenters. The van der Waals surface area contributed by atoms with Gasteiger partial charge in [-0.05, 0) is 11.5 Å². The van der Waals surface area contributed by atoms with Gasteiger partial charge >= 0.3 is 5.97 Å². The molecule has 14 heavy (non-hydrogen) atoms. The predicted octanol–water partition coefficient (Wildman–Crippen LogP) is 2.16. The molecule has 0 bridgehead atoms. The summed E-state index contributed by atoms with van der Waals surface area (Å²) < 4.78 is 4.80. The molecule has 0 fully saturated rings. The summed E-state index contributed by atoms with van der Waals surface area (Å²) in [5.74, 6) is 0.394. The van der Waals surface area contributed by atoms with Crippen LogP contribution in [0.4, 0.5) is 0 Å². The van der Waals surface area contributed by atoms with Crippen molar-refractivity contribution in [1.29, 1.82) is 0 Å². The Morgan fingerprint density at radius 1 is 1.43 bits per heavy atom. The van der Waals surface area contributed by atoms with Crippen molar-refractivity contribution in [3.63, 3.8) is 0 Å². The molecule has 0 aliphatic heterocycles. The highest BCUT2D eigenvalue weighted by molar-refractivity contribution is 14.1. The van der Waals surface area contributed by atoms with Crippen molar-refractivity contribution in [2.75, 3.05) is 37.1 Å². The Labute approximate surface area is 105 Å². The topological polar surface area (TPSA) is 29.5 Å². The number of carbonyl (C=O) groups excluding carboxylic acids is 1. The quantitative estimate of drug-likeness (QED) is 0.423. The smallest absolute Gasteiger partial charge is 0.302 e. The van der Waals surface area contributed by atoms with Gasteiger partial charge in [0.2, 0.25) is 0 Å². The molecule has 0 saturated heterocycles. The second-order valence-electron chi connectivity index (χ2n) is 2.46. The molecule has 0 aliphatic carbocycles. The number of ether oxygens (including phenoxy) is 1. The average molecular weight is 336 g/mol. The Hall–Kier alpha value is 0.450. The highest BCUT2D eigenvalue weighted by atomic mass is 127. The molecule has 0 aliphatic rings. The van der Waals surface area contributed by atoms with Gasteiger partial charge in [0.1, 0.15) is 6.61 Å². The number of alkyl halides is 2. The molecule has 0 spiro atoms. The first-order chi connectivity index (χ1) is 6.70. The van der Waals surface area contributed by atoms with Gasteiger partial charge < -0.3 is 4.74 Å². The normalized spacial score (nSPS) is 9.29. The van der Waals surface area contributed by atoms with E-state index in [0.29, 0.717) is 12.5 Å². The average Bonchev–Trinajstić information content (AvgIpc) is 2.19. The molecule has 0 aromatic rings. The van der Waals surface area contributed by atoms with E-state index >= 15 is 0 Å². The second-order valence-corrected chi connectivity index (χ2v) is 2.84. The van der Waals surface area contributed by atoms with E-state index in [1.54, 1.807) is 0 Å². The van der Waals surface area contributed by atoms with Crippen LogP contribution in [0.3, 0.4) is 0 Å². The van der Waals surface area contributed by atoms with Crippen LogP contribution >= 0.6 is 34.2 Å². The summed E-state index contributed by atoms with van der Waals surface area (Å²) in [7, 11) is 0. The van der Waals surface area contributed by atoms with Crippen LogP contribution in [0.2, 0.25) is 0 Å². The SMILES string of the molecule is CCN(CCCl)CCOC(C)=O.CI. The molecule has 0 unspecified atom stereocenters. The van der Waals surface area contributed by atoms with Gasteiger partial charge in [0, 0.05) is 25.9 Å². The third-order valence-electron chi connectivity index (χ3n) is 1.56. The summed E-state index contributed by atoms with van der Waals surface area (Å²) in [6, 6.07) is 0. The van der Waals surface area contributed by atoms with Gasteiger partial charge in [0.15, 0.2) is 0 Å². The number of nitrogens with zero attached hydrogens (tertiary/aromatic N) is 1. The Morgan fingerprint density at radius 3 is 2.36 bits per heavy atom. The Kier molecular flexibility index (Phi) is 16.2. The predicted molar refractivity (Wildman–Crippen MR) is 69.4 cm³/mol. The van der Waals surface area contributed by atoms with E-state index in [0.717, 1.165) is 19.6 Å². The van der Waals surface area contributed by atoms with Crippen LogP contribution in [-0.2, 0) is 9.53 Å². The zero-order valence-corrected chi connectivity index (χ0v) is 12.0. The second kappa shape index (κ2) is 13.4. The molecule has 0 aromatic carbocycles. The van der Waals surface area contributed by atoms with Gasteiger partial charge in [-0.25, -0.2) is 0 Å². The summed E-state index contributed by atoms with van der Waals surface area (Å²) in [4.78, 5) is 14.5. The molecule has 3 nitrogen and oxygen atoms in total. The first-order valence-electron chi connectivity index (χ1n) is 4.50. The minimum atomic E-state index is -0.225. The lowest BCUT2D eigenvalue weighted by Crippen LogP contribution is -2.29. The van der Waals surface area contributed by atoms with E-state index in [1.807, 2.05) is 4.93 Å². The van der Waals surface area contributed by atoms with Gasteiger partial charge in [0.25, 0.3) is 0 Å². The summed E-state index contributed by atoms with van der Waals surface area (Å²) in [6.45, 7) is 6.48. The molecule has 0 amide bonds. The highest BCUT2D eigenvalue weighted by Crippen LogP contribution is 1.89. The lowest BCUT2D eigenvalue weighted by Gasteiger charge is -2.18. The number of likely N-dealkylation sites (N-methyl/N-ethyl adjacent to an activating group) is 1. The fourth-order valence-corrected chi connectivity index (χ4v) is 1.11. The fraction of sp³-hybridized carbons (Fsp3) is 0.889. The van der Waals surface area contributed by atoms with Crippen molar-refractivity contribution in [1.82, 2.24) is 4.90 Å². The number of rotatable bonds is 6. The van der Waals surface area contributed by atoms with Crippen LogP contribution in [0.1, 0.15) is 13.8 Å². The van der Waals surface area contributed by atoms with E-state index in [9.17, 15) is 4.79 Å². The minimum absolute atomic E-state index is 0.225. The molecule has 0 saturated carbocycles. The van der Waals surface area contributed by atoms with Crippen LogP contribution in [0.5, 0.6) is 0 Å². The number of esters is 1. The van der Waals surface area contributed by atoms with E-state index < -0.39 is 0 Å². The first kappa shape index (κ1) is 16.9. The lowest BCUT2D eigenvalue weighted by molar-refractivity contribution is -0.141. The lowest BCUT2D eigenvalue weighted by atomic mass is 10.5. The molecule has 0 aromatic heterocycles. The monoisotopic (exact) mass is 335 g/mol. The molecular weight excluding hydrogens is 316 g/mol. The van der Waals surface area contributed by atoms with Crippen molar-refractivity contribution >= 4 is 40.2 Å². The molecule has 0 rings (SSSR count). The van der Waals surface area contributed by atoms with Crippen molar-refractivity contribution in [3.8, 4) is 0 Å². The van der Waals surface area contributed by atoms with Crippen molar-refractivity contribution in [2.45, 2.75) is 13.8 Å². The third kappa shape index (κ3) is 12.4. The molecule has 5 heteroatoms. The summed E-state index contributed by atoms with van der Waals surface area (Å²) in [5.41, 5.74) is 0. The maximum Gasteiger partial charge on any atom is 0.302 e. The maximum absolute atomic E-state index is 10.4. The van der Waals surface area contributed by atoms with Gasteiger partial charge in [0.05, 0.1) is 0 Å². The zero-order valence-electron chi connectivity index (χ0n) is 9.06. The van der Waals surface area contributed by atoms with Gasteiger partial charge in [-0.1, -0.05) is 29.5 Å². The van der Waals surface area contributed by atoms with Crippen LogP contribution < -0.4 is 0 Å². The Balaban J connectivity index is 0. The van der Waals surface area contributed by atoms with Crippen LogP contribution in [0.25, 0.3) is 0 Å². The number of halogens is 2. The van der Waals surface area contributed by atoms with Crippen LogP contribution in [-0.4, -0.2) is 47.9 Å². The van der Waals surface area contributed by atoms with E-state index in [1.165, 1.54) is 6.92 Å². The molecular formula is C9H19ClINO2. The summed E-state index contributed by atoms with van der Waals surface area (Å²) in [5, 5.41) is 0. The van der Waals surface area contributed by atoms with Crippen molar-refractivity contribution in [3.05, 3.63) is 0 Å². The van der Waals surface area contributed by atoms with Gasteiger partial charge in [-0.2, -0.15) is 0 Å². The summed E-state index contributed by atoms with van der Waals surface area (Å²) >= 11 is 7.72. The maximum atomic E-state index is 10.4. The fourth-order valence-electron chi connectivity index (χ4n) is 0.866. The van der Waals surface area contributed by atoms with Crippen molar-refractivity contribution < 1.29 is 9.53 Å². The number of hydrogen-bond donors (Lipinski definition) is 0. The van der Waals surface area contributed by atoms with E-state index in [4.69, 9.17) is 16.3 Å².